The van der Waals surface area contributed by atoms with E-state index in [1.165, 1.54) is 5.56 Å². The zero-order chi connectivity index (χ0) is 16.2. The summed E-state index contributed by atoms with van der Waals surface area (Å²) in [6.45, 7) is 4.33. The number of rotatable bonds is 4. The molecule has 0 bridgehead atoms. The third-order valence-electron chi connectivity index (χ3n) is 5.36. The maximum absolute atomic E-state index is 12.7. The number of nitrogens with zero attached hydrogens (tertiary/aromatic N) is 1. The molecule has 1 heterocycles. The van der Waals surface area contributed by atoms with Gasteiger partial charge in [-0.15, -0.1) is 12.4 Å². The Morgan fingerprint density at radius 1 is 1.17 bits per heavy atom. The first kappa shape index (κ1) is 19.1. The molecule has 1 amide bonds. The van der Waals surface area contributed by atoms with Gasteiger partial charge in [0.2, 0.25) is 5.91 Å². The topological polar surface area (TPSA) is 55.6 Å². The van der Waals surface area contributed by atoms with Crippen molar-refractivity contribution in [1.29, 1.82) is 0 Å². The Morgan fingerprint density at radius 2 is 1.83 bits per heavy atom. The van der Waals surface area contributed by atoms with Crippen molar-refractivity contribution in [2.75, 3.05) is 19.6 Å². The summed E-state index contributed by atoms with van der Waals surface area (Å²) in [6, 6.07) is 8.19. The fraction of sp³-hybridized carbons (Fsp3) is 0.632. The van der Waals surface area contributed by atoms with E-state index in [9.17, 15) is 4.79 Å². The molecule has 1 saturated heterocycles. The van der Waals surface area contributed by atoms with E-state index in [0.717, 1.165) is 50.9 Å². The number of likely N-dealkylation sites (tertiary alicyclic amines) is 1. The van der Waals surface area contributed by atoms with Crippen LogP contribution in [-0.4, -0.2) is 36.5 Å². The van der Waals surface area contributed by atoms with E-state index < -0.39 is 0 Å². The lowest BCUT2D eigenvalue weighted by Gasteiger charge is -2.34. The Hall–Kier alpha value is -1.26. The predicted molar refractivity (Wildman–Crippen MR) is 98.5 cm³/mol. The second-order valence-corrected chi connectivity index (χ2v) is 6.99. The lowest BCUT2D eigenvalue weighted by atomic mass is 9.93. The van der Waals surface area contributed by atoms with Gasteiger partial charge in [-0.25, -0.2) is 0 Å². The van der Waals surface area contributed by atoms with Crippen molar-refractivity contribution < 1.29 is 9.53 Å². The molecular formula is C19H29ClN2O2. The number of halogens is 1. The van der Waals surface area contributed by atoms with Gasteiger partial charge in [-0.3, -0.25) is 4.79 Å². The van der Waals surface area contributed by atoms with Crippen LogP contribution in [0.5, 0.6) is 5.75 Å². The minimum absolute atomic E-state index is 0. The van der Waals surface area contributed by atoms with Crippen LogP contribution in [-0.2, 0) is 4.79 Å². The molecule has 5 heteroatoms. The quantitative estimate of drug-likeness (QED) is 0.905. The number of carbonyl (C=O) groups is 1. The van der Waals surface area contributed by atoms with Gasteiger partial charge in [0.25, 0.3) is 0 Å². The Balaban J connectivity index is 0.00000208. The van der Waals surface area contributed by atoms with E-state index in [-0.39, 0.29) is 24.4 Å². The van der Waals surface area contributed by atoms with Crippen LogP contribution >= 0.6 is 12.4 Å². The Morgan fingerprint density at radius 3 is 2.46 bits per heavy atom. The zero-order valence-corrected chi connectivity index (χ0v) is 15.3. The number of benzene rings is 1. The van der Waals surface area contributed by atoms with E-state index in [4.69, 9.17) is 10.5 Å². The molecule has 1 aliphatic carbocycles. The molecule has 3 rings (SSSR count). The number of piperidine rings is 1. The number of carbonyl (C=O) groups excluding carboxylic acids is 1. The first-order valence-electron chi connectivity index (χ1n) is 8.89. The summed E-state index contributed by atoms with van der Waals surface area (Å²) in [5, 5.41) is 0. The molecule has 4 nitrogen and oxygen atoms in total. The largest absolute Gasteiger partial charge is 0.490 e. The molecule has 0 aromatic heterocycles. The summed E-state index contributed by atoms with van der Waals surface area (Å²) in [5.74, 6) is 1.81. The van der Waals surface area contributed by atoms with Gasteiger partial charge < -0.3 is 15.4 Å². The van der Waals surface area contributed by atoms with Crippen LogP contribution in [0.3, 0.4) is 0 Å². The number of nitrogens with two attached hydrogens (primary N) is 1. The molecule has 24 heavy (non-hydrogen) atoms. The van der Waals surface area contributed by atoms with Crippen LogP contribution in [0.4, 0.5) is 0 Å². The lowest BCUT2D eigenvalue weighted by Crippen LogP contribution is -2.45. The fourth-order valence-electron chi connectivity index (χ4n) is 3.88. The molecule has 2 aliphatic rings. The fourth-order valence-corrected chi connectivity index (χ4v) is 3.88. The maximum Gasteiger partial charge on any atom is 0.226 e. The Bertz CT molecular complexity index is 527. The van der Waals surface area contributed by atoms with Crippen molar-refractivity contribution in [2.24, 2.45) is 17.6 Å². The van der Waals surface area contributed by atoms with Gasteiger partial charge in [-0.05, 0) is 44.4 Å². The van der Waals surface area contributed by atoms with E-state index in [1.807, 2.05) is 17.0 Å². The molecule has 1 aromatic rings. The monoisotopic (exact) mass is 352 g/mol. The molecule has 1 aromatic carbocycles. The number of aryl methyl sites for hydroxylation is 1. The maximum atomic E-state index is 12.7. The zero-order valence-electron chi connectivity index (χ0n) is 14.4. The number of hydrogen-bond donors (Lipinski definition) is 1. The third-order valence-corrected chi connectivity index (χ3v) is 5.36. The van der Waals surface area contributed by atoms with Crippen LogP contribution in [0.1, 0.15) is 37.7 Å². The van der Waals surface area contributed by atoms with Gasteiger partial charge in [0, 0.05) is 31.8 Å². The molecule has 2 N–H and O–H groups in total. The summed E-state index contributed by atoms with van der Waals surface area (Å²) < 4.78 is 6.05. The van der Waals surface area contributed by atoms with Gasteiger partial charge in [-0.2, -0.15) is 0 Å². The predicted octanol–water partition coefficient (Wildman–Crippen LogP) is 3.16. The number of amides is 1. The van der Waals surface area contributed by atoms with E-state index >= 15 is 0 Å². The molecule has 0 unspecified atom stereocenters. The first-order chi connectivity index (χ1) is 11.2. The van der Waals surface area contributed by atoms with Gasteiger partial charge in [0.1, 0.15) is 11.9 Å². The highest BCUT2D eigenvalue weighted by Gasteiger charge is 2.36. The molecular weight excluding hydrogens is 324 g/mol. The molecule has 1 aliphatic heterocycles. The summed E-state index contributed by atoms with van der Waals surface area (Å²) in [5.41, 5.74) is 7.06. The number of hydrogen-bond acceptors (Lipinski definition) is 3. The second kappa shape index (κ2) is 8.72. The average Bonchev–Trinajstić information content (AvgIpc) is 3.06. The van der Waals surface area contributed by atoms with Crippen molar-refractivity contribution in [2.45, 2.75) is 45.1 Å². The van der Waals surface area contributed by atoms with Crippen LogP contribution in [0.25, 0.3) is 0 Å². The first-order valence-corrected chi connectivity index (χ1v) is 8.89. The summed E-state index contributed by atoms with van der Waals surface area (Å²) >= 11 is 0. The Labute approximate surface area is 151 Å². The molecule has 134 valence electrons. The van der Waals surface area contributed by atoms with Gasteiger partial charge in [0.05, 0.1) is 0 Å². The standard InChI is InChI=1S/C19H28N2O2.ClH/c1-14-5-7-16(8-6-14)23-17-9-11-21(12-10-17)19(22)18-4-2-3-15(18)13-20;/h5-8,15,17-18H,2-4,9-13,20H2,1H3;1H/t15-,18-;/m1./s1. The van der Waals surface area contributed by atoms with E-state index in [1.54, 1.807) is 0 Å². The minimum Gasteiger partial charge on any atom is -0.490 e. The van der Waals surface area contributed by atoms with E-state index in [0.29, 0.717) is 18.4 Å². The normalized spacial score (nSPS) is 24.5. The van der Waals surface area contributed by atoms with Gasteiger partial charge in [-0.1, -0.05) is 24.1 Å². The average molecular weight is 353 g/mol. The highest BCUT2D eigenvalue weighted by Crippen LogP contribution is 2.33. The van der Waals surface area contributed by atoms with Crippen molar-refractivity contribution in [3.05, 3.63) is 29.8 Å². The second-order valence-electron chi connectivity index (χ2n) is 6.99. The van der Waals surface area contributed by atoms with Gasteiger partial charge in [0.15, 0.2) is 0 Å². The van der Waals surface area contributed by atoms with Crippen LogP contribution in [0.2, 0.25) is 0 Å². The highest BCUT2D eigenvalue weighted by molar-refractivity contribution is 5.85. The van der Waals surface area contributed by atoms with Crippen molar-refractivity contribution >= 4 is 18.3 Å². The lowest BCUT2D eigenvalue weighted by molar-refractivity contribution is -0.138. The van der Waals surface area contributed by atoms with Crippen LogP contribution < -0.4 is 10.5 Å². The van der Waals surface area contributed by atoms with Gasteiger partial charge >= 0.3 is 0 Å². The summed E-state index contributed by atoms with van der Waals surface area (Å²) in [7, 11) is 0. The smallest absolute Gasteiger partial charge is 0.226 e. The van der Waals surface area contributed by atoms with Crippen molar-refractivity contribution in [3.63, 3.8) is 0 Å². The minimum atomic E-state index is 0. The van der Waals surface area contributed by atoms with Crippen LogP contribution in [0.15, 0.2) is 24.3 Å². The van der Waals surface area contributed by atoms with Crippen molar-refractivity contribution in [3.8, 4) is 5.75 Å². The summed E-state index contributed by atoms with van der Waals surface area (Å²) in [4.78, 5) is 14.7. The molecule has 0 spiro atoms. The highest BCUT2D eigenvalue weighted by atomic mass is 35.5. The summed E-state index contributed by atoms with van der Waals surface area (Å²) in [6.07, 6.45) is 5.32. The SMILES string of the molecule is Cc1ccc(OC2CCN(C(=O)[C@@H]3CCC[C@@H]3CN)CC2)cc1.Cl. The molecule has 1 saturated carbocycles. The third kappa shape index (κ3) is 4.42. The molecule has 2 atom stereocenters. The van der Waals surface area contributed by atoms with E-state index in [2.05, 4.69) is 19.1 Å². The van der Waals surface area contributed by atoms with Crippen molar-refractivity contribution in [1.82, 2.24) is 4.90 Å². The molecule has 2 fully saturated rings. The van der Waals surface area contributed by atoms with Crippen LogP contribution in [0, 0.1) is 18.8 Å². The Kier molecular flexibility index (Phi) is 6.93. The molecule has 0 radical (unpaired) electrons. The number of ether oxygens (including phenoxy) is 1.